The molecule has 6 rings (SSSR count). The van der Waals surface area contributed by atoms with Crippen LogP contribution in [-0.4, -0.2) is 28.5 Å². The molecule has 4 atom stereocenters. The summed E-state index contributed by atoms with van der Waals surface area (Å²) < 4.78 is 1.20. The highest BCUT2D eigenvalue weighted by molar-refractivity contribution is 14.1. The van der Waals surface area contributed by atoms with Gasteiger partial charge < -0.3 is 5.11 Å². The van der Waals surface area contributed by atoms with Gasteiger partial charge in [-0.25, -0.2) is 0 Å². The lowest BCUT2D eigenvalue weighted by atomic mass is 9.59. The molecule has 1 aliphatic heterocycles. The zero-order valence-corrected chi connectivity index (χ0v) is 23.4. The number of amides is 2. The lowest BCUT2D eigenvalue weighted by Gasteiger charge is -2.42. The van der Waals surface area contributed by atoms with E-state index in [0.717, 1.165) is 14.7 Å². The molecule has 0 bridgehead atoms. The molecular formula is C29H21BrINO5. The van der Waals surface area contributed by atoms with Crippen molar-refractivity contribution in [2.75, 3.05) is 4.90 Å². The number of anilines is 1. The van der Waals surface area contributed by atoms with E-state index in [1.807, 2.05) is 24.3 Å². The van der Waals surface area contributed by atoms with E-state index in [2.05, 4.69) is 38.5 Å². The van der Waals surface area contributed by atoms with Gasteiger partial charge in [-0.05, 0) is 106 Å². The quantitative estimate of drug-likeness (QED) is 0.204. The lowest BCUT2D eigenvalue weighted by Crippen LogP contribution is -2.39. The number of aromatic hydroxyl groups is 1. The van der Waals surface area contributed by atoms with E-state index in [0.29, 0.717) is 28.8 Å². The maximum Gasteiger partial charge on any atom is 0.238 e. The van der Waals surface area contributed by atoms with Crippen LogP contribution >= 0.6 is 38.5 Å². The molecule has 6 nitrogen and oxygen atoms in total. The Hall–Kier alpha value is -2.85. The number of carbonyl (C=O) groups is 4. The molecular weight excluding hydrogens is 649 g/mol. The van der Waals surface area contributed by atoms with Crippen molar-refractivity contribution in [1.29, 1.82) is 0 Å². The second kappa shape index (κ2) is 8.87. The van der Waals surface area contributed by atoms with Gasteiger partial charge in [-0.2, -0.15) is 0 Å². The normalized spacial score (nSPS) is 27.1. The highest BCUT2D eigenvalue weighted by atomic mass is 127. The summed E-state index contributed by atoms with van der Waals surface area (Å²) in [6, 6.07) is 12.4. The van der Waals surface area contributed by atoms with Gasteiger partial charge in [-0.15, -0.1) is 0 Å². The number of phenolic OH excluding ortho intramolecular Hbond substituents is 1. The summed E-state index contributed by atoms with van der Waals surface area (Å²) in [6.45, 7) is 1.78. The predicted molar refractivity (Wildman–Crippen MR) is 149 cm³/mol. The lowest BCUT2D eigenvalue weighted by molar-refractivity contribution is -0.123. The highest BCUT2D eigenvalue weighted by Crippen LogP contribution is 2.55. The maximum atomic E-state index is 13.9. The van der Waals surface area contributed by atoms with Gasteiger partial charge in [-0.1, -0.05) is 23.8 Å². The zero-order chi connectivity index (χ0) is 26.2. The second-order valence-corrected chi connectivity index (χ2v) is 12.0. The molecule has 0 saturated carbocycles. The summed E-state index contributed by atoms with van der Waals surface area (Å²) in [7, 11) is 0. The molecule has 4 aliphatic rings. The number of aryl methyl sites for hydroxylation is 1. The molecule has 1 saturated heterocycles. The summed E-state index contributed by atoms with van der Waals surface area (Å²) in [5.41, 5.74) is 3.68. The summed E-state index contributed by atoms with van der Waals surface area (Å²) in [4.78, 5) is 55.2. The van der Waals surface area contributed by atoms with Crippen molar-refractivity contribution in [2.24, 2.45) is 17.8 Å². The molecule has 2 aromatic carbocycles. The number of imide groups is 1. The van der Waals surface area contributed by atoms with Crippen LogP contribution in [0.1, 0.15) is 29.9 Å². The minimum absolute atomic E-state index is 0.140. The van der Waals surface area contributed by atoms with E-state index in [1.54, 1.807) is 31.2 Å². The average molecular weight is 670 g/mol. The summed E-state index contributed by atoms with van der Waals surface area (Å²) in [6.07, 6.45) is 3.93. The van der Waals surface area contributed by atoms with Crippen molar-refractivity contribution < 1.29 is 24.3 Å². The van der Waals surface area contributed by atoms with Crippen LogP contribution in [0.25, 0.3) is 0 Å². The van der Waals surface area contributed by atoms with Crippen molar-refractivity contribution in [3.8, 4) is 5.75 Å². The molecule has 1 heterocycles. The Bertz CT molecular complexity index is 1520. The molecule has 186 valence electrons. The van der Waals surface area contributed by atoms with E-state index in [-0.39, 0.29) is 40.0 Å². The van der Waals surface area contributed by atoms with Crippen LogP contribution in [0.2, 0.25) is 0 Å². The SMILES string of the molecule is Cc1cc(C2C3=CCC4C(=O)N(c5ccc(I)cc5)C(=O)C4C3CC3=C2C(=O)C=C(Br)C3=O)ccc1O. The van der Waals surface area contributed by atoms with Gasteiger partial charge in [0, 0.05) is 26.7 Å². The highest BCUT2D eigenvalue weighted by Gasteiger charge is 2.56. The molecule has 3 aliphatic carbocycles. The molecule has 0 aromatic heterocycles. The van der Waals surface area contributed by atoms with E-state index in [9.17, 15) is 24.3 Å². The molecule has 8 heteroatoms. The fraction of sp³-hybridized carbons (Fsp3) is 0.241. The van der Waals surface area contributed by atoms with Crippen molar-refractivity contribution in [3.05, 3.63) is 90.5 Å². The minimum atomic E-state index is -0.617. The van der Waals surface area contributed by atoms with E-state index >= 15 is 0 Å². The Morgan fingerprint density at radius 3 is 2.43 bits per heavy atom. The number of fused-ring (bicyclic) bond motifs is 3. The van der Waals surface area contributed by atoms with Crippen molar-refractivity contribution in [2.45, 2.75) is 25.7 Å². The van der Waals surface area contributed by atoms with E-state index in [1.165, 1.54) is 11.0 Å². The van der Waals surface area contributed by atoms with Gasteiger partial charge in [0.15, 0.2) is 11.6 Å². The molecule has 0 radical (unpaired) electrons. The molecule has 2 amide bonds. The number of allylic oxidation sites excluding steroid dienone is 6. The fourth-order valence-corrected chi connectivity index (χ4v) is 7.10. The number of hydrogen-bond acceptors (Lipinski definition) is 5. The molecule has 1 N–H and O–H groups in total. The van der Waals surface area contributed by atoms with E-state index < -0.39 is 23.7 Å². The zero-order valence-electron chi connectivity index (χ0n) is 19.7. The summed E-state index contributed by atoms with van der Waals surface area (Å²) >= 11 is 5.42. The maximum absolute atomic E-state index is 13.9. The van der Waals surface area contributed by atoms with Crippen LogP contribution in [0.4, 0.5) is 5.69 Å². The molecule has 0 spiro atoms. The van der Waals surface area contributed by atoms with Gasteiger partial charge in [0.1, 0.15) is 5.75 Å². The topological polar surface area (TPSA) is 91.8 Å². The van der Waals surface area contributed by atoms with Crippen LogP contribution in [0.3, 0.4) is 0 Å². The van der Waals surface area contributed by atoms with Crippen LogP contribution in [0.15, 0.2) is 75.8 Å². The molecule has 2 aromatic rings. The smallest absolute Gasteiger partial charge is 0.238 e. The number of hydrogen-bond donors (Lipinski definition) is 1. The Morgan fingerprint density at radius 1 is 1.00 bits per heavy atom. The monoisotopic (exact) mass is 669 g/mol. The molecule has 4 unspecified atom stereocenters. The molecule has 37 heavy (non-hydrogen) atoms. The first kappa shape index (κ1) is 24.5. The van der Waals surface area contributed by atoms with Crippen LogP contribution < -0.4 is 4.90 Å². The average Bonchev–Trinajstić information content (AvgIpc) is 3.13. The number of ketones is 2. The molecule has 1 fully saturated rings. The van der Waals surface area contributed by atoms with Crippen LogP contribution in [-0.2, 0) is 19.2 Å². The van der Waals surface area contributed by atoms with Crippen LogP contribution in [0.5, 0.6) is 5.75 Å². The second-order valence-electron chi connectivity index (χ2n) is 9.93. The number of phenols is 1. The predicted octanol–water partition coefficient (Wildman–Crippen LogP) is 5.27. The number of halogens is 2. The number of benzene rings is 2. The fourth-order valence-electron chi connectivity index (χ4n) is 6.29. The van der Waals surface area contributed by atoms with Crippen molar-refractivity contribution in [1.82, 2.24) is 0 Å². The number of carbonyl (C=O) groups excluding carboxylic acids is 4. The number of nitrogens with zero attached hydrogens (tertiary/aromatic N) is 1. The number of Topliss-reactive ketones (excluding diaryl/α,β-unsaturated/α-hetero) is 1. The Morgan fingerprint density at radius 2 is 1.73 bits per heavy atom. The minimum Gasteiger partial charge on any atom is -0.508 e. The van der Waals surface area contributed by atoms with Crippen LogP contribution in [0, 0.1) is 28.2 Å². The van der Waals surface area contributed by atoms with E-state index in [4.69, 9.17) is 0 Å². The Labute approximate surface area is 235 Å². The first-order chi connectivity index (χ1) is 17.7. The van der Waals surface area contributed by atoms with Gasteiger partial charge in [0.05, 0.1) is 22.0 Å². The summed E-state index contributed by atoms with van der Waals surface area (Å²) in [5, 5.41) is 10.1. The largest absolute Gasteiger partial charge is 0.508 e. The Kier molecular flexibility index (Phi) is 5.87. The summed E-state index contributed by atoms with van der Waals surface area (Å²) in [5.74, 6) is -2.91. The number of rotatable bonds is 2. The van der Waals surface area contributed by atoms with Gasteiger partial charge >= 0.3 is 0 Å². The third-order valence-corrected chi connectivity index (χ3v) is 9.28. The van der Waals surface area contributed by atoms with Gasteiger partial charge in [0.2, 0.25) is 11.8 Å². The third kappa shape index (κ3) is 3.71. The Balaban J connectivity index is 1.49. The van der Waals surface area contributed by atoms with Crippen molar-refractivity contribution in [3.63, 3.8) is 0 Å². The van der Waals surface area contributed by atoms with Crippen molar-refractivity contribution >= 4 is 67.6 Å². The van der Waals surface area contributed by atoms with Gasteiger partial charge in [0.25, 0.3) is 0 Å². The third-order valence-electron chi connectivity index (χ3n) is 7.97. The standard InChI is InChI=1S/C29H21BrINO5/c1-13-10-14(2-9-22(13)33)24-17-7-8-18-25(19(17)11-20-26(24)23(34)12-21(30)27(20)35)29(37)32(28(18)36)16-5-3-15(31)4-6-16/h2-7,9-10,12,18-19,24-25,33H,8,11H2,1H3. The first-order valence-corrected chi connectivity index (χ1v) is 13.9. The first-order valence-electron chi connectivity index (χ1n) is 12.0. The van der Waals surface area contributed by atoms with Gasteiger partial charge in [-0.3, -0.25) is 24.1 Å².